The van der Waals surface area contributed by atoms with E-state index in [0.29, 0.717) is 11.5 Å². The van der Waals surface area contributed by atoms with E-state index in [-0.39, 0.29) is 29.4 Å². The van der Waals surface area contributed by atoms with E-state index in [0.717, 1.165) is 49.7 Å². The van der Waals surface area contributed by atoms with Crippen molar-refractivity contribution < 1.29 is 26.7 Å². The van der Waals surface area contributed by atoms with Crippen molar-refractivity contribution in [1.82, 2.24) is 0 Å². The highest BCUT2D eigenvalue weighted by Crippen LogP contribution is 2.47. The summed E-state index contributed by atoms with van der Waals surface area (Å²) in [4.78, 5) is 0. The fourth-order valence-corrected chi connectivity index (χ4v) is 6.68. The summed E-state index contributed by atoms with van der Waals surface area (Å²) in [5, 5.41) is 0. The summed E-state index contributed by atoms with van der Waals surface area (Å²) in [6.07, 6.45) is 10.1. The fourth-order valence-electron chi connectivity index (χ4n) is 6.68. The Morgan fingerprint density at radius 3 is 2.00 bits per heavy atom. The molecule has 2 aromatic rings. The highest BCUT2D eigenvalue weighted by Gasteiger charge is 2.34. The molecule has 0 heterocycles. The third kappa shape index (κ3) is 6.90. The largest absolute Gasteiger partial charge is 0.457 e. The first-order valence-corrected chi connectivity index (χ1v) is 14.5. The van der Waals surface area contributed by atoms with E-state index in [1.807, 2.05) is 0 Å². The molecule has 2 aliphatic rings. The second kappa shape index (κ2) is 12.8. The van der Waals surface area contributed by atoms with Gasteiger partial charge >= 0.3 is 6.18 Å². The minimum absolute atomic E-state index is 0.0125. The lowest BCUT2D eigenvalue weighted by Gasteiger charge is -2.38. The Balaban J connectivity index is 1.45. The first-order chi connectivity index (χ1) is 18.2. The maximum atomic E-state index is 14.7. The standard InChI is InChI=1S/C32H40F5O/c1-3-5-6-7-21-8-10-22(11-9-21)23-12-14-24(15-13-23)28-20-29(33)30(34)27(4-2)31(28)38-26-18-16-25(17-19-26)32(35,36)37/h16-19,21-24H,3-15H2,1-2H3/t21-,22-,23-,24-. The van der Waals surface area contributed by atoms with Crippen molar-refractivity contribution in [3.8, 4) is 11.5 Å². The number of halogens is 5. The van der Waals surface area contributed by atoms with Crippen LogP contribution in [0, 0.1) is 35.5 Å². The molecule has 6 heteroatoms. The molecule has 209 valence electrons. The van der Waals surface area contributed by atoms with E-state index in [4.69, 9.17) is 4.74 Å². The molecule has 38 heavy (non-hydrogen) atoms. The number of hydrogen-bond donors (Lipinski definition) is 0. The van der Waals surface area contributed by atoms with Gasteiger partial charge in [0.2, 0.25) is 0 Å². The van der Waals surface area contributed by atoms with Crippen LogP contribution in [0.1, 0.15) is 114 Å². The third-order valence-corrected chi connectivity index (χ3v) is 8.93. The summed E-state index contributed by atoms with van der Waals surface area (Å²) >= 11 is 0. The highest BCUT2D eigenvalue weighted by molar-refractivity contribution is 5.47. The molecular weight excluding hydrogens is 495 g/mol. The fraction of sp³-hybridized carbons (Fsp3) is 0.625. The summed E-state index contributed by atoms with van der Waals surface area (Å²) in [5.41, 5.74) is -0.163. The lowest BCUT2D eigenvalue weighted by molar-refractivity contribution is -0.137. The van der Waals surface area contributed by atoms with Crippen molar-refractivity contribution in [3.63, 3.8) is 0 Å². The Morgan fingerprint density at radius 2 is 1.45 bits per heavy atom. The topological polar surface area (TPSA) is 9.23 Å². The van der Waals surface area contributed by atoms with Crippen LogP contribution in [0.5, 0.6) is 11.5 Å². The monoisotopic (exact) mass is 535 g/mol. The molecule has 0 unspecified atom stereocenters. The quantitative estimate of drug-likeness (QED) is 0.229. The summed E-state index contributed by atoms with van der Waals surface area (Å²) < 4.78 is 74.2. The van der Waals surface area contributed by atoms with Crippen molar-refractivity contribution in [2.75, 3.05) is 0 Å². The Hall–Kier alpha value is -2.11. The van der Waals surface area contributed by atoms with E-state index in [1.54, 1.807) is 6.92 Å². The Labute approximate surface area is 224 Å². The zero-order chi connectivity index (χ0) is 27.3. The molecule has 0 N–H and O–H groups in total. The first-order valence-electron chi connectivity index (χ1n) is 14.5. The van der Waals surface area contributed by atoms with E-state index in [9.17, 15) is 22.0 Å². The zero-order valence-corrected chi connectivity index (χ0v) is 22.6. The van der Waals surface area contributed by atoms with Gasteiger partial charge in [0.05, 0.1) is 5.56 Å². The van der Waals surface area contributed by atoms with E-state index >= 15 is 0 Å². The molecule has 1 radical (unpaired) electrons. The predicted molar refractivity (Wildman–Crippen MR) is 140 cm³/mol. The van der Waals surface area contributed by atoms with Crippen LogP contribution in [-0.2, 0) is 12.6 Å². The van der Waals surface area contributed by atoms with Crippen LogP contribution in [0.3, 0.4) is 0 Å². The molecule has 4 rings (SSSR count). The third-order valence-electron chi connectivity index (χ3n) is 8.93. The number of hydrogen-bond acceptors (Lipinski definition) is 1. The van der Waals surface area contributed by atoms with Gasteiger partial charge in [0.15, 0.2) is 11.6 Å². The number of alkyl halides is 3. The first kappa shape index (κ1) is 28.9. The maximum absolute atomic E-state index is 14.7. The van der Waals surface area contributed by atoms with Crippen LogP contribution in [0.25, 0.3) is 0 Å². The Morgan fingerprint density at radius 1 is 0.842 bits per heavy atom. The Bertz CT molecular complexity index is 1030. The van der Waals surface area contributed by atoms with Crippen LogP contribution in [0.4, 0.5) is 22.0 Å². The molecule has 2 saturated carbocycles. The minimum atomic E-state index is -4.46. The molecule has 2 aliphatic carbocycles. The normalized spacial score (nSPS) is 24.4. The lowest BCUT2D eigenvalue weighted by Crippen LogP contribution is -2.25. The van der Waals surface area contributed by atoms with Gasteiger partial charge in [-0.3, -0.25) is 0 Å². The SMILES string of the molecule is CCCCC[C@H]1CC[C@H]([C@H]2CC[C@H](c3[c]c(F)c(F)c(CC)c3Oc3ccc(C(F)(F)F)cc3)CC2)CC1. The molecule has 0 aromatic heterocycles. The van der Waals surface area contributed by atoms with E-state index in [1.165, 1.54) is 63.5 Å². The highest BCUT2D eigenvalue weighted by atomic mass is 19.4. The summed E-state index contributed by atoms with van der Waals surface area (Å²) in [6, 6.07) is 6.95. The Kier molecular flexibility index (Phi) is 9.75. The summed E-state index contributed by atoms with van der Waals surface area (Å²) in [6.45, 7) is 3.97. The van der Waals surface area contributed by atoms with Crippen LogP contribution < -0.4 is 4.74 Å². The van der Waals surface area contributed by atoms with Crippen LogP contribution in [0.2, 0.25) is 0 Å². The smallest absolute Gasteiger partial charge is 0.416 e. The molecule has 0 atom stereocenters. The zero-order valence-electron chi connectivity index (χ0n) is 22.6. The lowest BCUT2D eigenvalue weighted by atomic mass is 9.67. The predicted octanol–water partition coefficient (Wildman–Crippen LogP) is 10.8. The maximum Gasteiger partial charge on any atom is 0.416 e. The summed E-state index contributed by atoms with van der Waals surface area (Å²) in [5.74, 6) is 0.645. The molecule has 0 spiro atoms. The number of benzene rings is 2. The molecule has 0 saturated heterocycles. The molecule has 1 nitrogen and oxygen atoms in total. The van der Waals surface area contributed by atoms with E-state index < -0.39 is 23.4 Å². The van der Waals surface area contributed by atoms with Gasteiger partial charge in [-0.05, 0) is 92.9 Å². The van der Waals surface area contributed by atoms with Crippen LogP contribution >= 0.6 is 0 Å². The molecule has 2 fully saturated rings. The minimum Gasteiger partial charge on any atom is -0.457 e. The van der Waals surface area contributed by atoms with Gasteiger partial charge in [0.25, 0.3) is 0 Å². The van der Waals surface area contributed by atoms with Gasteiger partial charge in [-0.15, -0.1) is 0 Å². The van der Waals surface area contributed by atoms with Gasteiger partial charge in [-0.2, -0.15) is 13.2 Å². The van der Waals surface area contributed by atoms with Gasteiger partial charge in [-0.1, -0.05) is 52.4 Å². The number of unbranched alkanes of at least 4 members (excludes halogenated alkanes) is 2. The second-order valence-corrected chi connectivity index (χ2v) is 11.3. The van der Waals surface area contributed by atoms with Crippen molar-refractivity contribution in [2.45, 2.75) is 109 Å². The van der Waals surface area contributed by atoms with Crippen molar-refractivity contribution >= 4 is 0 Å². The van der Waals surface area contributed by atoms with Crippen LogP contribution in [-0.4, -0.2) is 0 Å². The van der Waals surface area contributed by atoms with Crippen molar-refractivity contribution in [2.24, 2.45) is 17.8 Å². The average molecular weight is 536 g/mol. The molecule has 0 amide bonds. The van der Waals surface area contributed by atoms with Crippen LogP contribution in [0.15, 0.2) is 24.3 Å². The van der Waals surface area contributed by atoms with Gasteiger partial charge < -0.3 is 4.74 Å². The average Bonchev–Trinajstić information content (AvgIpc) is 2.91. The van der Waals surface area contributed by atoms with Gasteiger partial charge in [0, 0.05) is 17.2 Å². The number of ether oxygens (including phenoxy) is 1. The van der Waals surface area contributed by atoms with Gasteiger partial charge in [-0.25, -0.2) is 8.78 Å². The second-order valence-electron chi connectivity index (χ2n) is 11.3. The summed E-state index contributed by atoms with van der Waals surface area (Å²) in [7, 11) is 0. The van der Waals surface area contributed by atoms with Gasteiger partial charge in [0.1, 0.15) is 11.5 Å². The van der Waals surface area contributed by atoms with Crippen molar-refractivity contribution in [3.05, 3.63) is 58.7 Å². The molecular formula is C32H40F5O. The van der Waals surface area contributed by atoms with E-state index in [2.05, 4.69) is 13.0 Å². The van der Waals surface area contributed by atoms with Crippen molar-refractivity contribution in [1.29, 1.82) is 0 Å². The molecule has 0 aliphatic heterocycles. The molecule has 0 bridgehead atoms. The number of rotatable bonds is 9. The molecule has 2 aromatic carbocycles.